The summed E-state index contributed by atoms with van der Waals surface area (Å²) in [4.78, 5) is 4.36. The SMILES string of the molecule is CSCCC(N)c1nc(C(C)C)n[nH]1. The van der Waals surface area contributed by atoms with Gasteiger partial charge in [0.25, 0.3) is 0 Å². The van der Waals surface area contributed by atoms with Crippen molar-refractivity contribution in [1.29, 1.82) is 0 Å². The fourth-order valence-electron chi connectivity index (χ4n) is 1.09. The molecule has 1 aromatic heterocycles. The Hall–Kier alpha value is -0.550. The predicted molar refractivity (Wildman–Crippen MR) is 60.4 cm³/mol. The first-order valence-electron chi connectivity index (χ1n) is 4.81. The summed E-state index contributed by atoms with van der Waals surface area (Å²) < 4.78 is 0. The summed E-state index contributed by atoms with van der Waals surface area (Å²) in [7, 11) is 0. The summed E-state index contributed by atoms with van der Waals surface area (Å²) in [5.41, 5.74) is 5.95. The number of hydrogen-bond donors (Lipinski definition) is 2. The average molecular weight is 214 g/mol. The van der Waals surface area contributed by atoms with Crippen LogP contribution in [0.5, 0.6) is 0 Å². The summed E-state index contributed by atoms with van der Waals surface area (Å²) in [6.45, 7) is 4.14. The number of rotatable bonds is 5. The van der Waals surface area contributed by atoms with E-state index in [4.69, 9.17) is 5.73 Å². The maximum Gasteiger partial charge on any atom is 0.153 e. The Morgan fingerprint density at radius 1 is 1.50 bits per heavy atom. The Labute approximate surface area is 89.1 Å². The molecule has 80 valence electrons. The van der Waals surface area contributed by atoms with Gasteiger partial charge in [-0.15, -0.1) is 0 Å². The highest BCUT2D eigenvalue weighted by Gasteiger charge is 2.12. The van der Waals surface area contributed by atoms with Crippen LogP contribution in [0.1, 0.15) is 43.9 Å². The van der Waals surface area contributed by atoms with E-state index in [0.717, 1.165) is 23.8 Å². The third-order valence-corrected chi connectivity index (χ3v) is 2.66. The van der Waals surface area contributed by atoms with Crippen molar-refractivity contribution in [2.45, 2.75) is 32.2 Å². The van der Waals surface area contributed by atoms with Crippen molar-refractivity contribution in [3.8, 4) is 0 Å². The molecule has 5 heteroatoms. The summed E-state index contributed by atoms with van der Waals surface area (Å²) in [6.07, 6.45) is 3.01. The van der Waals surface area contributed by atoms with Crippen LogP contribution in [0, 0.1) is 0 Å². The number of aromatic amines is 1. The minimum absolute atomic E-state index is 0.0116. The lowest BCUT2D eigenvalue weighted by atomic mass is 10.2. The second kappa shape index (κ2) is 5.36. The van der Waals surface area contributed by atoms with Gasteiger partial charge in [0.15, 0.2) is 5.82 Å². The molecule has 0 spiro atoms. The van der Waals surface area contributed by atoms with Crippen molar-refractivity contribution in [1.82, 2.24) is 15.2 Å². The van der Waals surface area contributed by atoms with Gasteiger partial charge in [0, 0.05) is 5.92 Å². The van der Waals surface area contributed by atoms with Gasteiger partial charge in [-0.25, -0.2) is 4.98 Å². The van der Waals surface area contributed by atoms with Crippen LogP contribution in [-0.4, -0.2) is 27.2 Å². The molecule has 0 radical (unpaired) electrons. The van der Waals surface area contributed by atoms with Crippen LogP contribution in [0.15, 0.2) is 0 Å². The number of aromatic nitrogens is 3. The Morgan fingerprint density at radius 3 is 2.71 bits per heavy atom. The number of nitrogens with one attached hydrogen (secondary N) is 1. The number of thioether (sulfide) groups is 1. The quantitative estimate of drug-likeness (QED) is 0.782. The average Bonchev–Trinajstić information content (AvgIpc) is 2.62. The molecule has 0 saturated carbocycles. The van der Waals surface area contributed by atoms with Gasteiger partial charge in [-0.05, 0) is 18.4 Å². The molecule has 3 N–H and O–H groups in total. The third-order valence-electron chi connectivity index (χ3n) is 2.02. The maximum absolute atomic E-state index is 5.95. The van der Waals surface area contributed by atoms with Gasteiger partial charge in [0.2, 0.25) is 0 Å². The number of hydrogen-bond acceptors (Lipinski definition) is 4. The fraction of sp³-hybridized carbons (Fsp3) is 0.778. The van der Waals surface area contributed by atoms with Crippen LogP contribution < -0.4 is 5.73 Å². The summed E-state index contributed by atoms with van der Waals surface area (Å²) in [6, 6.07) is -0.0116. The first-order valence-corrected chi connectivity index (χ1v) is 6.21. The Morgan fingerprint density at radius 2 is 2.21 bits per heavy atom. The summed E-state index contributed by atoms with van der Waals surface area (Å²) in [5, 5.41) is 7.02. The zero-order valence-electron chi connectivity index (χ0n) is 8.95. The third kappa shape index (κ3) is 2.99. The molecule has 1 heterocycles. The molecule has 0 saturated heterocycles. The van der Waals surface area contributed by atoms with Crippen molar-refractivity contribution in [2.24, 2.45) is 5.73 Å². The molecule has 1 rings (SSSR count). The smallest absolute Gasteiger partial charge is 0.153 e. The number of nitrogens with two attached hydrogens (primary N) is 1. The van der Waals surface area contributed by atoms with Crippen molar-refractivity contribution >= 4 is 11.8 Å². The maximum atomic E-state index is 5.95. The lowest BCUT2D eigenvalue weighted by Gasteiger charge is -2.05. The van der Waals surface area contributed by atoms with E-state index in [1.54, 1.807) is 11.8 Å². The lowest BCUT2D eigenvalue weighted by molar-refractivity contribution is 0.656. The number of nitrogens with zero attached hydrogens (tertiary/aromatic N) is 2. The van der Waals surface area contributed by atoms with E-state index in [1.165, 1.54) is 0 Å². The van der Waals surface area contributed by atoms with Crippen molar-refractivity contribution in [2.75, 3.05) is 12.0 Å². The van der Waals surface area contributed by atoms with Gasteiger partial charge in [-0.1, -0.05) is 13.8 Å². The van der Waals surface area contributed by atoms with Gasteiger partial charge in [-0.2, -0.15) is 16.9 Å². The van der Waals surface area contributed by atoms with Crippen molar-refractivity contribution in [3.05, 3.63) is 11.6 Å². The molecular weight excluding hydrogens is 196 g/mol. The Kier molecular flexibility index (Phi) is 4.41. The van der Waals surface area contributed by atoms with Gasteiger partial charge >= 0.3 is 0 Å². The first-order chi connectivity index (χ1) is 6.65. The fourth-order valence-corrected chi connectivity index (χ4v) is 1.58. The van der Waals surface area contributed by atoms with Gasteiger partial charge in [0.05, 0.1) is 6.04 Å². The van der Waals surface area contributed by atoms with Crippen LogP contribution in [-0.2, 0) is 0 Å². The molecule has 0 aromatic carbocycles. The summed E-state index contributed by atoms with van der Waals surface area (Å²) >= 11 is 1.80. The van der Waals surface area contributed by atoms with E-state index < -0.39 is 0 Å². The molecule has 0 aliphatic rings. The van der Waals surface area contributed by atoms with Crippen molar-refractivity contribution in [3.63, 3.8) is 0 Å². The van der Waals surface area contributed by atoms with E-state index in [2.05, 4.69) is 35.3 Å². The second-order valence-corrected chi connectivity index (χ2v) is 4.61. The van der Waals surface area contributed by atoms with Crippen LogP contribution in [0.3, 0.4) is 0 Å². The van der Waals surface area contributed by atoms with E-state index in [9.17, 15) is 0 Å². The van der Waals surface area contributed by atoms with Crippen molar-refractivity contribution < 1.29 is 0 Å². The molecule has 4 nitrogen and oxygen atoms in total. The molecule has 14 heavy (non-hydrogen) atoms. The molecule has 0 bridgehead atoms. The molecule has 1 aromatic rings. The van der Waals surface area contributed by atoms with E-state index >= 15 is 0 Å². The molecule has 0 aliphatic heterocycles. The Balaban J connectivity index is 2.57. The van der Waals surface area contributed by atoms with Gasteiger partial charge < -0.3 is 5.73 Å². The van der Waals surface area contributed by atoms with Gasteiger partial charge in [-0.3, -0.25) is 5.10 Å². The first kappa shape index (κ1) is 11.5. The highest BCUT2D eigenvalue weighted by Crippen LogP contribution is 2.14. The largest absolute Gasteiger partial charge is 0.321 e. The van der Waals surface area contributed by atoms with Crippen LogP contribution in [0.2, 0.25) is 0 Å². The standard InChI is InChI=1S/C9H18N4S/c1-6(2)8-11-9(13-12-8)7(10)4-5-14-3/h6-7H,4-5,10H2,1-3H3,(H,11,12,13). The Bertz CT molecular complexity index is 272. The van der Waals surface area contributed by atoms with E-state index in [0.29, 0.717) is 5.92 Å². The molecular formula is C9H18N4S. The highest BCUT2D eigenvalue weighted by atomic mass is 32.2. The second-order valence-electron chi connectivity index (χ2n) is 3.62. The highest BCUT2D eigenvalue weighted by molar-refractivity contribution is 7.98. The minimum Gasteiger partial charge on any atom is -0.321 e. The van der Waals surface area contributed by atoms with Crippen LogP contribution in [0.4, 0.5) is 0 Å². The van der Waals surface area contributed by atoms with Crippen LogP contribution in [0.25, 0.3) is 0 Å². The monoisotopic (exact) mass is 214 g/mol. The predicted octanol–water partition coefficient (Wildman–Crippen LogP) is 1.68. The van der Waals surface area contributed by atoms with E-state index in [-0.39, 0.29) is 6.04 Å². The van der Waals surface area contributed by atoms with E-state index in [1.807, 2.05) is 0 Å². The topological polar surface area (TPSA) is 67.6 Å². The zero-order chi connectivity index (χ0) is 10.6. The van der Waals surface area contributed by atoms with Gasteiger partial charge in [0.1, 0.15) is 5.82 Å². The molecule has 1 atom stereocenters. The summed E-state index contributed by atoms with van der Waals surface area (Å²) in [5.74, 6) is 3.06. The number of H-pyrrole nitrogens is 1. The molecule has 1 unspecified atom stereocenters. The molecule has 0 fully saturated rings. The lowest BCUT2D eigenvalue weighted by Crippen LogP contribution is -2.13. The minimum atomic E-state index is -0.0116. The molecule has 0 aliphatic carbocycles. The van der Waals surface area contributed by atoms with Crippen LogP contribution >= 0.6 is 11.8 Å². The molecule has 0 amide bonds. The zero-order valence-corrected chi connectivity index (χ0v) is 9.77. The normalized spacial score (nSPS) is 13.5.